The van der Waals surface area contributed by atoms with Gasteiger partial charge < -0.3 is 19.8 Å². The Morgan fingerprint density at radius 2 is 0.733 bits per heavy atom. The van der Waals surface area contributed by atoms with Crippen LogP contribution in [0.25, 0.3) is 0 Å². The molecule has 75 heavy (non-hydrogen) atoms. The predicted molar refractivity (Wildman–Crippen MR) is 327 cm³/mol. The van der Waals surface area contributed by atoms with Crippen molar-refractivity contribution in [1.29, 1.82) is 0 Å². The van der Waals surface area contributed by atoms with E-state index in [0.29, 0.717) is 17.4 Å². The van der Waals surface area contributed by atoms with Crippen LogP contribution >= 0.6 is 7.82 Å². The van der Waals surface area contributed by atoms with Crippen LogP contribution in [0.1, 0.15) is 316 Å². The lowest BCUT2D eigenvalue weighted by molar-refractivity contribution is -0.870. The molecule has 3 N–H and O–H groups in total. The molecule has 0 aromatic rings. The Balaban J connectivity index is 4.16. The molecule has 0 aromatic heterocycles. The molecule has 0 heterocycles. The van der Waals surface area contributed by atoms with Crippen molar-refractivity contribution in [2.24, 2.45) is 0 Å². The maximum absolute atomic E-state index is 13.0. The number of phosphoric ester groups is 1. The molecule has 442 valence electrons. The minimum atomic E-state index is -4.36. The molecule has 0 rings (SSSR count). The zero-order valence-electron chi connectivity index (χ0n) is 50.6. The minimum absolute atomic E-state index is 0.0541. The van der Waals surface area contributed by atoms with E-state index in [1.165, 1.54) is 250 Å². The van der Waals surface area contributed by atoms with Crippen molar-refractivity contribution in [1.82, 2.24) is 5.32 Å². The Morgan fingerprint density at radius 1 is 0.440 bits per heavy atom. The van der Waals surface area contributed by atoms with Crippen LogP contribution in [0.15, 0.2) is 48.6 Å². The van der Waals surface area contributed by atoms with Crippen molar-refractivity contribution >= 4 is 13.7 Å². The molecule has 1 amide bonds. The average molecular weight is 1080 g/mol. The molecule has 0 aliphatic rings. The largest absolute Gasteiger partial charge is 0.472 e. The van der Waals surface area contributed by atoms with Crippen LogP contribution in [0.2, 0.25) is 0 Å². The van der Waals surface area contributed by atoms with E-state index in [0.717, 1.165) is 44.9 Å². The lowest BCUT2D eigenvalue weighted by atomic mass is 10.0. The first-order chi connectivity index (χ1) is 36.5. The third kappa shape index (κ3) is 60.0. The van der Waals surface area contributed by atoms with E-state index in [4.69, 9.17) is 9.05 Å². The summed E-state index contributed by atoms with van der Waals surface area (Å²) in [6.45, 7) is 4.83. The van der Waals surface area contributed by atoms with Gasteiger partial charge in [-0.05, 0) is 70.6 Å². The number of hydrogen-bond acceptors (Lipinski definition) is 5. The van der Waals surface area contributed by atoms with Crippen molar-refractivity contribution < 1.29 is 32.9 Å². The van der Waals surface area contributed by atoms with E-state index in [9.17, 15) is 19.4 Å². The topological polar surface area (TPSA) is 105 Å². The number of aliphatic hydroxyl groups is 1. The zero-order chi connectivity index (χ0) is 54.9. The highest BCUT2D eigenvalue weighted by Gasteiger charge is 2.27. The first-order valence-corrected chi connectivity index (χ1v) is 34.0. The first-order valence-electron chi connectivity index (χ1n) is 32.5. The molecular weight excluding hydrogens is 948 g/mol. The van der Waals surface area contributed by atoms with Crippen LogP contribution in [0, 0.1) is 0 Å². The number of amides is 1. The summed E-state index contributed by atoms with van der Waals surface area (Å²) in [7, 11) is 1.56. The molecule has 0 spiro atoms. The highest BCUT2D eigenvalue weighted by molar-refractivity contribution is 7.47. The molecule has 3 atom stereocenters. The maximum Gasteiger partial charge on any atom is 0.472 e. The number of rotatable bonds is 60. The summed E-state index contributed by atoms with van der Waals surface area (Å²) >= 11 is 0. The Hall–Kier alpha value is -1.54. The quantitative estimate of drug-likeness (QED) is 0.0243. The number of carbonyl (C=O) groups is 1. The lowest BCUT2D eigenvalue weighted by Crippen LogP contribution is -2.45. The highest BCUT2D eigenvalue weighted by atomic mass is 31.2. The Bertz CT molecular complexity index is 1360. The molecule has 0 aliphatic heterocycles. The fraction of sp³-hybridized carbons (Fsp3) is 0.864. The van der Waals surface area contributed by atoms with Crippen molar-refractivity contribution in [2.75, 3.05) is 40.9 Å². The van der Waals surface area contributed by atoms with Crippen molar-refractivity contribution in [3.8, 4) is 0 Å². The summed E-state index contributed by atoms with van der Waals surface area (Å²) in [5, 5.41) is 14.0. The molecule has 9 heteroatoms. The fourth-order valence-corrected chi connectivity index (χ4v) is 10.4. The van der Waals surface area contributed by atoms with Crippen LogP contribution in [0.5, 0.6) is 0 Å². The normalized spacial score (nSPS) is 14.1. The SMILES string of the molecule is CCCCCCCCCC/C=C\CCCCCCCCCCCCCCCCCCCC(=O)NC(COP(=O)(O)OCC[N+](C)(C)C)C(O)/C=C/CC/C=C/CC/C=C/CCCCCCCCCCCCCCCC. The third-order valence-electron chi connectivity index (χ3n) is 14.7. The number of nitrogens with zero attached hydrogens (tertiary/aromatic N) is 1. The summed E-state index contributed by atoms with van der Waals surface area (Å²) in [4.78, 5) is 23.4. The number of quaternary nitrogens is 1. The average Bonchev–Trinajstić information content (AvgIpc) is 3.37. The molecule has 0 saturated carbocycles. The number of unbranched alkanes of at least 4 members (excludes halogenated alkanes) is 41. The Kier molecular flexibility index (Phi) is 56.0. The molecule has 0 bridgehead atoms. The molecule has 8 nitrogen and oxygen atoms in total. The molecule has 0 fully saturated rings. The molecule has 0 radical (unpaired) electrons. The lowest BCUT2D eigenvalue weighted by Gasteiger charge is -2.25. The second-order valence-corrected chi connectivity index (χ2v) is 24.9. The van der Waals surface area contributed by atoms with Gasteiger partial charge in [-0.3, -0.25) is 13.8 Å². The summed E-state index contributed by atoms with van der Waals surface area (Å²) in [5.41, 5.74) is 0. The summed E-state index contributed by atoms with van der Waals surface area (Å²) in [6.07, 6.45) is 76.7. The summed E-state index contributed by atoms with van der Waals surface area (Å²) in [6, 6.07) is -0.871. The number of likely N-dealkylation sites (N-methyl/N-ethyl adjacent to an activating group) is 1. The maximum atomic E-state index is 13.0. The first kappa shape index (κ1) is 73.5. The van der Waals surface area contributed by atoms with Gasteiger partial charge in [-0.1, -0.05) is 287 Å². The summed E-state index contributed by atoms with van der Waals surface area (Å²) < 4.78 is 23.8. The predicted octanol–water partition coefficient (Wildman–Crippen LogP) is 20.3. The van der Waals surface area contributed by atoms with Crippen LogP contribution in [0.4, 0.5) is 0 Å². The number of nitrogens with one attached hydrogen (secondary N) is 1. The van der Waals surface area contributed by atoms with Gasteiger partial charge in [0.1, 0.15) is 13.2 Å². The number of aliphatic hydroxyl groups excluding tert-OH is 1. The van der Waals surface area contributed by atoms with E-state index in [2.05, 4.69) is 55.6 Å². The smallest absolute Gasteiger partial charge is 0.387 e. The van der Waals surface area contributed by atoms with Gasteiger partial charge >= 0.3 is 7.82 Å². The Morgan fingerprint density at radius 3 is 1.07 bits per heavy atom. The fourth-order valence-electron chi connectivity index (χ4n) is 9.66. The van der Waals surface area contributed by atoms with Gasteiger partial charge in [-0.2, -0.15) is 0 Å². The van der Waals surface area contributed by atoms with E-state index in [-0.39, 0.29) is 19.1 Å². The van der Waals surface area contributed by atoms with Crippen LogP contribution in [-0.4, -0.2) is 73.4 Å². The van der Waals surface area contributed by atoms with E-state index in [1.807, 2.05) is 27.2 Å². The standard InChI is InChI=1S/C66H127N2O6P/c1-6-8-10-12-14-16-18-20-22-24-26-28-30-32-33-34-35-36-38-40-42-44-46-48-50-52-54-56-58-60-66(70)67-64(63-74-75(71,72)73-62-61-68(3,4)5)65(69)59-57-55-53-51-49-47-45-43-41-39-37-31-29-27-25-23-21-19-17-15-13-11-9-7-2/h24,26,41,43,49,51,57,59,64-65,69H,6-23,25,27-40,42,44-48,50,52-56,58,60-63H2,1-5H3,(H-,67,70,71,72)/p+1/b26-24-,43-41+,51-49+,59-57+. The zero-order valence-corrected chi connectivity index (χ0v) is 51.4. The van der Waals surface area contributed by atoms with Gasteiger partial charge in [0.05, 0.1) is 39.9 Å². The van der Waals surface area contributed by atoms with Gasteiger partial charge in [-0.15, -0.1) is 0 Å². The monoisotopic (exact) mass is 1080 g/mol. The molecule has 0 saturated heterocycles. The van der Waals surface area contributed by atoms with Gasteiger partial charge in [0, 0.05) is 6.42 Å². The van der Waals surface area contributed by atoms with Crippen molar-refractivity contribution in [3.63, 3.8) is 0 Å². The van der Waals surface area contributed by atoms with E-state index < -0.39 is 20.0 Å². The third-order valence-corrected chi connectivity index (χ3v) is 15.7. The number of phosphoric acid groups is 1. The number of carbonyl (C=O) groups excluding carboxylic acids is 1. The van der Waals surface area contributed by atoms with E-state index in [1.54, 1.807) is 6.08 Å². The van der Waals surface area contributed by atoms with E-state index >= 15 is 0 Å². The van der Waals surface area contributed by atoms with Gasteiger partial charge in [-0.25, -0.2) is 4.57 Å². The minimum Gasteiger partial charge on any atom is -0.387 e. The Labute approximate surface area is 467 Å². The van der Waals surface area contributed by atoms with Crippen molar-refractivity contribution in [2.45, 2.75) is 328 Å². The van der Waals surface area contributed by atoms with Gasteiger partial charge in [0.2, 0.25) is 5.91 Å². The van der Waals surface area contributed by atoms with Crippen LogP contribution in [0.3, 0.4) is 0 Å². The van der Waals surface area contributed by atoms with Crippen molar-refractivity contribution in [3.05, 3.63) is 48.6 Å². The van der Waals surface area contributed by atoms with Gasteiger partial charge in [0.15, 0.2) is 0 Å². The van der Waals surface area contributed by atoms with Crippen LogP contribution < -0.4 is 5.32 Å². The van der Waals surface area contributed by atoms with Crippen LogP contribution in [-0.2, 0) is 18.4 Å². The second kappa shape index (κ2) is 57.2. The number of allylic oxidation sites excluding steroid dienone is 7. The molecule has 0 aliphatic carbocycles. The molecule has 0 aromatic carbocycles. The number of hydrogen-bond donors (Lipinski definition) is 3. The molecular formula is C66H128N2O6P+. The second-order valence-electron chi connectivity index (χ2n) is 23.5. The van der Waals surface area contributed by atoms with Gasteiger partial charge in [0.25, 0.3) is 0 Å². The highest BCUT2D eigenvalue weighted by Crippen LogP contribution is 2.43. The summed E-state index contributed by atoms with van der Waals surface area (Å²) in [5.74, 6) is -0.186. The molecule has 3 unspecified atom stereocenters.